The zero-order chi connectivity index (χ0) is 47.3. The van der Waals surface area contributed by atoms with Crippen LogP contribution in [0.3, 0.4) is 0 Å². The molecule has 2 aliphatic carbocycles. The first-order valence-corrected chi connectivity index (χ1v) is 22.5. The molecule has 0 radical (unpaired) electrons. The molecule has 0 saturated carbocycles. The normalized spacial score (nSPS) is 31.2. The van der Waals surface area contributed by atoms with Crippen molar-refractivity contribution in [2.45, 2.75) is 107 Å². The van der Waals surface area contributed by atoms with E-state index in [0.717, 1.165) is 4.90 Å². The maximum absolute atomic E-state index is 14.3. The number of hydrogen-bond acceptors (Lipinski definition) is 18. The van der Waals surface area contributed by atoms with E-state index >= 15 is 0 Å². The summed E-state index contributed by atoms with van der Waals surface area (Å²) in [6.07, 6.45) is -2.05. The number of benzene rings is 2. The van der Waals surface area contributed by atoms with Crippen molar-refractivity contribution in [3.05, 3.63) is 70.3 Å². The molecule has 5 aliphatic heterocycles. The maximum Gasteiger partial charge on any atom is 0.253 e. The Balaban J connectivity index is 0.909. The second-order valence-electron chi connectivity index (χ2n) is 17.7. The van der Waals surface area contributed by atoms with Crippen molar-refractivity contribution in [3.8, 4) is 17.2 Å². The van der Waals surface area contributed by atoms with Crippen LogP contribution in [0.25, 0.3) is 5.57 Å². The molecule has 9 rings (SSSR count). The van der Waals surface area contributed by atoms with Gasteiger partial charge in [-0.25, -0.2) is 0 Å². The highest BCUT2D eigenvalue weighted by Crippen LogP contribution is 2.55. The molecule has 0 spiro atoms. The van der Waals surface area contributed by atoms with Gasteiger partial charge < -0.3 is 63.3 Å². The molecule has 4 N–H and O–H groups in total. The molecule has 3 amide bonds. The fourth-order valence-electron chi connectivity index (χ4n) is 10.4. The summed E-state index contributed by atoms with van der Waals surface area (Å²) in [7, 11) is 3.00. The number of methoxy groups -OCH3 is 2. The lowest BCUT2D eigenvalue weighted by Gasteiger charge is -2.43. The summed E-state index contributed by atoms with van der Waals surface area (Å²) in [6.45, 7) is 6.29. The highest BCUT2D eigenvalue weighted by Gasteiger charge is 2.55. The standard InChI is InChI=1S/C47H55N3O17/c1-23-37-26(8-6-9-29(37)59-3)41(55)40-38(23)43(57)39-27(42(40)56)18-47(58,19-30(39)66-36-17-28-44(24(2)64-36)67-45-46(60-4)62-16-15-49(28)45)31(51)21-63-35-10-5-7-25(65-35)20-61-22-32(52)48-13-14-50-33(53)11-12-34(50)54/h6,8-9,11-12,24-25,28,30,35-36,44-46,56-58H,1,5,7,10,13-22H2,2-4H3,(H,48,52)/t24-,25?,28-,30-,35?,36-,44+,45+,46-,47-/m0/s1. The van der Waals surface area contributed by atoms with Crippen molar-refractivity contribution < 1.29 is 81.9 Å². The van der Waals surface area contributed by atoms with Crippen LogP contribution >= 0.6 is 0 Å². The van der Waals surface area contributed by atoms with Crippen molar-refractivity contribution in [2.75, 3.05) is 60.3 Å². The number of aromatic hydroxyl groups is 2. The molecule has 20 nitrogen and oxygen atoms in total. The van der Waals surface area contributed by atoms with Gasteiger partial charge in [0.2, 0.25) is 5.91 Å². The number of fused-ring (bicyclic) bond motifs is 6. The van der Waals surface area contributed by atoms with Crippen molar-refractivity contribution in [2.24, 2.45) is 0 Å². The Hall–Kier alpha value is -5.13. The molecule has 0 aromatic heterocycles. The summed E-state index contributed by atoms with van der Waals surface area (Å²) >= 11 is 0. The predicted octanol–water partition coefficient (Wildman–Crippen LogP) is 1.52. The van der Waals surface area contributed by atoms with Crippen molar-refractivity contribution in [1.82, 2.24) is 15.1 Å². The lowest BCUT2D eigenvalue weighted by Crippen LogP contribution is -2.55. The predicted molar refractivity (Wildman–Crippen MR) is 229 cm³/mol. The Labute approximate surface area is 385 Å². The molecular weight excluding hydrogens is 879 g/mol. The average Bonchev–Trinajstić information content (AvgIpc) is 3.86. The molecular formula is C47H55N3O17. The summed E-state index contributed by atoms with van der Waals surface area (Å²) in [4.78, 5) is 67.5. The number of Topliss-reactive ketones (excluding diaryl/α,β-unsaturated/α-hetero) is 1. The molecule has 2 unspecified atom stereocenters. The van der Waals surface area contributed by atoms with E-state index < -0.39 is 103 Å². The number of rotatable bonds is 15. The van der Waals surface area contributed by atoms with Crippen LogP contribution in [0.4, 0.5) is 0 Å². The molecule has 20 heteroatoms. The zero-order valence-corrected chi connectivity index (χ0v) is 37.4. The first-order chi connectivity index (χ1) is 32.2. The second-order valence-corrected chi connectivity index (χ2v) is 17.7. The minimum Gasteiger partial charge on any atom is -0.507 e. The lowest BCUT2D eigenvalue weighted by molar-refractivity contribution is -0.256. The summed E-state index contributed by atoms with van der Waals surface area (Å²) in [5.41, 5.74) is -1.70. The number of phenols is 2. The summed E-state index contributed by atoms with van der Waals surface area (Å²) in [6, 6.07) is 4.67. The van der Waals surface area contributed by atoms with Crippen LogP contribution in [0, 0.1) is 0 Å². The van der Waals surface area contributed by atoms with Gasteiger partial charge in [0.25, 0.3) is 11.8 Å². The van der Waals surface area contributed by atoms with Crippen molar-refractivity contribution in [1.29, 1.82) is 0 Å². The number of carbonyl (C=O) groups excluding carboxylic acids is 5. The lowest BCUT2D eigenvalue weighted by atomic mass is 9.71. The van der Waals surface area contributed by atoms with Gasteiger partial charge in [-0.05, 0) is 37.8 Å². The van der Waals surface area contributed by atoms with Gasteiger partial charge in [-0.1, -0.05) is 18.7 Å². The number of imide groups is 1. The minimum atomic E-state index is -2.23. The van der Waals surface area contributed by atoms with Gasteiger partial charge in [0, 0.05) is 92.0 Å². The van der Waals surface area contributed by atoms with E-state index in [4.69, 9.17) is 42.6 Å². The molecule has 2 aromatic carbocycles. The molecule has 7 aliphatic rings. The fraction of sp³-hybridized carbons (Fsp3) is 0.553. The third-order valence-electron chi connectivity index (χ3n) is 13.7. The quantitative estimate of drug-likeness (QED) is 0.125. The van der Waals surface area contributed by atoms with Gasteiger partial charge in [0.15, 0.2) is 36.7 Å². The first-order valence-electron chi connectivity index (χ1n) is 22.5. The molecule has 67 heavy (non-hydrogen) atoms. The fourth-order valence-corrected chi connectivity index (χ4v) is 10.4. The SMILES string of the molecule is C=C1c2c(OC)cccc2C(=O)c2c(O)c3c(c(O)c21)[C@@H](O[C@H]1C[C@H]2[C@H](O[C@@H]4[C@@H](OC)OCCN42)[C@H](C)O1)C[C@](O)(C(=O)COC1CCCC(COCC(=O)NCCN2C(=O)C=CC2=O)O1)C3. The molecule has 2 aromatic rings. The summed E-state index contributed by atoms with van der Waals surface area (Å²) in [5.74, 6) is -3.30. The van der Waals surface area contributed by atoms with E-state index in [0.29, 0.717) is 50.1 Å². The number of nitrogens with zero attached hydrogens (tertiary/aromatic N) is 2. The molecule has 4 fully saturated rings. The Kier molecular flexibility index (Phi) is 13.4. The number of amides is 3. The maximum atomic E-state index is 14.3. The highest BCUT2D eigenvalue weighted by molar-refractivity contribution is 6.21. The van der Waals surface area contributed by atoms with E-state index in [1.165, 1.54) is 19.3 Å². The number of ketones is 2. The Morgan fingerprint density at radius 3 is 2.54 bits per heavy atom. The van der Waals surface area contributed by atoms with Crippen LogP contribution in [0.5, 0.6) is 17.2 Å². The van der Waals surface area contributed by atoms with E-state index in [-0.39, 0.29) is 78.3 Å². The number of aliphatic hydroxyl groups is 1. The van der Waals surface area contributed by atoms with Gasteiger partial charge in [-0.3, -0.25) is 33.8 Å². The number of phenolic OH excluding ortho intramolecular Hbond substituents is 2. The third-order valence-corrected chi connectivity index (χ3v) is 13.7. The number of carbonyl (C=O) groups is 5. The minimum absolute atomic E-state index is 0.0183. The van der Waals surface area contributed by atoms with Crippen LogP contribution in [-0.2, 0) is 63.5 Å². The van der Waals surface area contributed by atoms with E-state index in [1.807, 2.05) is 6.92 Å². The number of ether oxygens (including phenoxy) is 9. The van der Waals surface area contributed by atoms with Gasteiger partial charge in [-0.15, -0.1) is 0 Å². The van der Waals surface area contributed by atoms with Gasteiger partial charge >= 0.3 is 0 Å². The van der Waals surface area contributed by atoms with Gasteiger partial charge in [-0.2, -0.15) is 0 Å². The second kappa shape index (κ2) is 19.1. The smallest absolute Gasteiger partial charge is 0.253 e. The largest absolute Gasteiger partial charge is 0.507 e. The van der Waals surface area contributed by atoms with Gasteiger partial charge in [0.1, 0.15) is 42.2 Å². The number of hydrogen-bond donors (Lipinski definition) is 4. The molecule has 5 heterocycles. The van der Waals surface area contributed by atoms with E-state index in [2.05, 4.69) is 16.8 Å². The van der Waals surface area contributed by atoms with Crippen molar-refractivity contribution in [3.63, 3.8) is 0 Å². The van der Waals surface area contributed by atoms with Crippen LogP contribution in [0.2, 0.25) is 0 Å². The van der Waals surface area contributed by atoms with E-state index in [9.17, 15) is 39.3 Å². The van der Waals surface area contributed by atoms with Crippen LogP contribution in [-0.4, -0.2) is 170 Å². The monoisotopic (exact) mass is 933 g/mol. The molecule has 10 atom stereocenters. The van der Waals surface area contributed by atoms with Crippen LogP contribution in [0.1, 0.15) is 83.3 Å². The zero-order valence-electron chi connectivity index (χ0n) is 37.4. The summed E-state index contributed by atoms with van der Waals surface area (Å²) in [5, 5.41) is 39.4. The number of morpholine rings is 1. The van der Waals surface area contributed by atoms with Crippen LogP contribution < -0.4 is 10.1 Å². The molecule has 4 saturated heterocycles. The summed E-state index contributed by atoms with van der Waals surface area (Å²) < 4.78 is 54.0. The van der Waals surface area contributed by atoms with Gasteiger partial charge in [0.05, 0.1) is 44.2 Å². The van der Waals surface area contributed by atoms with Crippen molar-refractivity contribution >= 4 is 34.9 Å². The topological polar surface area (TPSA) is 248 Å². The Bertz CT molecular complexity index is 2350. The van der Waals surface area contributed by atoms with E-state index in [1.54, 1.807) is 25.3 Å². The highest BCUT2D eigenvalue weighted by atomic mass is 16.7. The Morgan fingerprint density at radius 1 is 0.985 bits per heavy atom. The average molecular weight is 934 g/mol. The molecule has 0 bridgehead atoms. The number of nitrogens with one attached hydrogen (secondary N) is 1. The third kappa shape index (κ3) is 8.80. The van der Waals surface area contributed by atoms with Crippen LogP contribution in [0.15, 0.2) is 36.9 Å². The first kappa shape index (κ1) is 47.0. The molecule has 360 valence electrons. The Morgan fingerprint density at radius 2 is 1.78 bits per heavy atom.